The van der Waals surface area contributed by atoms with Crippen molar-refractivity contribution >= 4 is 23.1 Å². The fourth-order valence-electron chi connectivity index (χ4n) is 1.68. The van der Waals surface area contributed by atoms with Gasteiger partial charge in [-0.3, -0.25) is 0 Å². The third kappa shape index (κ3) is 4.17. The molecular formula is C16H17N3O. The lowest BCUT2D eigenvalue weighted by molar-refractivity contribution is 0.254. The van der Waals surface area contributed by atoms with Crippen LogP contribution in [0, 0.1) is 0 Å². The van der Waals surface area contributed by atoms with Crippen LogP contribution in [0.2, 0.25) is 0 Å². The summed E-state index contributed by atoms with van der Waals surface area (Å²) >= 11 is 0. The number of amides is 2. The molecule has 0 spiro atoms. The van der Waals surface area contributed by atoms with Crippen LogP contribution >= 0.6 is 0 Å². The van der Waals surface area contributed by atoms with E-state index in [1.165, 1.54) is 0 Å². The number of nitrogens with one attached hydrogen (secondary N) is 3. The molecule has 0 aliphatic carbocycles. The van der Waals surface area contributed by atoms with Gasteiger partial charge in [0.25, 0.3) is 0 Å². The van der Waals surface area contributed by atoms with Crippen molar-refractivity contribution in [1.29, 1.82) is 0 Å². The summed E-state index contributed by atoms with van der Waals surface area (Å²) in [7, 11) is 0. The molecule has 0 saturated carbocycles. The van der Waals surface area contributed by atoms with Crippen LogP contribution in [0.25, 0.3) is 0 Å². The fraction of sp³-hybridized carbons (Fsp3) is 0.0625. The molecule has 0 unspecified atom stereocenters. The molecule has 4 nitrogen and oxygen atoms in total. The number of anilines is 3. The van der Waals surface area contributed by atoms with Crippen molar-refractivity contribution in [3.05, 3.63) is 66.9 Å². The van der Waals surface area contributed by atoms with Crippen molar-refractivity contribution in [2.24, 2.45) is 0 Å². The van der Waals surface area contributed by atoms with Crippen molar-refractivity contribution in [3.8, 4) is 0 Å². The first-order chi connectivity index (χ1) is 9.63. The monoisotopic (exact) mass is 267 g/mol. The Kier molecular flexibility index (Phi) is 4.39. The molecule has 0 fully saturated rings. The summed E-state index contributed by atoms with van der Waals surface area (Å²) in [5, 5.41) is 8.59. The van der Waals surface area contributed by atoms with Crippen LogP contribution in [-0.2, 0) is 0 Å². The number of para-hydroxylation sites is 1. The number of rotatable bonds is 4. The van der Waals surface area contributed by atoms with Crippen LogP contribution in [0.1, 0.15) is 6.92 Å². The van der Waals surface area contributed by atoms with Crippen LogP contribution in [0.5, 0.6) is 0 Å². The van der Waals surface area contributed by atoms with Crippen molar-refractivity contribution in [2.45, 2.75) is 6.92 Å². The van der Waals surface area contributed by atoms with E-state index in [1.54, 1.807) is 6.92 Å². The molecule has 0 heterocycles. The Morgan fingerprint density at radius 3 is 2.05 bits per heavy atom. The van der Waals surface area contributed by atoms with Gasteiger partial charge in [-0.25, -0.2) is 4.79 Å². The fourth-order valence-corrected chi connectivity index (χ4v) is 1.68. The summed E-state index contributed by atoms with van der Waals surface area (Å²) in [6.07, 6.45) is 0. The van der Waals surface area contributed by atoms with Gasteiger partial charge in [-0.1, -0.05) is 24.8 Å². The molecule has 20 heavy (non-hydrogen) atoms. The lowest BCUT2D eigenvalue weighted by Crippen LogP contribution is -2.26. The molecule has 4 heteroatoms. The van der Waals surface area contributed by atoms with Crippen LogP contribution in [-0.4, -0.2) is 6.03 Å². The zero-order valence-electron chi connectivity index (χ0n) is 11.3. The van der Waals surface area contributed by atoms with E-state index in [4.69, 9.17) is 0 Å². The highest BCUT2D eigenvalue weighted by Gasteiger charge is 2.01. The largest absolute Gasteiger partial charge is 0.356 e. The number of carbonyl (C=O) groups is 1. The number of allylic oxidation sites excluding steroid dienone is 1. The van der Waals surface area contributed by atoms with Gasteiger partial charge < -0.3 is 16.0 Å². The number of benzene rings is 2. The number of carbonyl (C=O) groups excluding carboxylic acids is 1. The van der Waals surface area contributed by atoms with Crippen LogP contribution in [0.3, 0.4) is 0 Å². The van der Waals surface area contributed by atoms with Gasteiger partial charge in [0.2, 0.25) is 0 Å². The Bertz CT molecular complexity index is 591. The first-order valence-electron chi connectivity index (χ1n) is 6.29. The molecule has 2 aromatic rings. The predicted octanol–water partition coefficient (Wildman–Crippen LogP) is 4.09. The first kappa shape index (κ1) is 13.7. The average Bonchev–Trinajstić information content (AvgIpc) is 2.41. The summed E-state index contributed by atoms with van der Waals surface area (Å²) < 4.78 is 0. The van der Waals surface area contributed by atoms with E-state index >= 15 is 0 Å². The average molecular weight is 267 g/mol. The van der Waals surface area contributed by atoms with E-state index in [0.717, 1.165) is 17.1 Å². The smallest absolute Gasteiger partial charge is 0.323 e. The molecule has 102 valence electrons. The second-order valence-corrected chi connectivity index (χ2v) is 4.43. The van der Waals surface area contributed by atoms with Gasteiger partial charge in [0.15, 0.2) is 0 Å². The summed E-state index contributed by atoms with van der Waals surface area (Å²) in [6.45, 7) is 5.34. The highest BCUT2D eigenvalue weighted by molar-refractivity contribution is 5.90. The van der Waals surface area contributed by atoms with Crippen molar-refractivity contribution in [1.82, 2.24) is 5.32 Å². The molecule has 0 radical (unpaired) electrons. The maximum absolute atomic E-state index is 11.5. The molecule has 0 atom stereocenters. The minimum Gasteiger partial charge on any atom is -0.356 e. The SMILES string of the molecule is C=C(C)NC(=O)Nc1ccc(Nc2ccccc2)cc1. The van der Waals surface area contributed by atoms with Crippen molar-refractivity contribution in [2.75, 3.05) is 10.6 Å². The maximum Gasteiger partial charge on any atom is 0.323 e. The molecule has 0 aromatic heterocycles. The summed E-state index contributed by atoms with van der Waals surface area (Å²) in [6, 6.07) is 17.1. The van der Waals surface area contributed by atoms with Crippen LogP contribution in [0.15, 0.2) is 66.9 Å². The number of hydrogen-bond donors (Lipinski definition) is 3. The van der Waals surface area contributed by atoms with E-state index < -0.39 is 0 Å². The molecule has 0 saturated heterocycles. The molecule has 0 aliphatic heterocycles. The number of hydrogen-bond acceptors (Lipinski definition) is 2. The molecular weight excluding hydrogens is 250 g/mol. The van der Waals surface area contributed by atoms with Gasteiger partial charge in [0.1, 0.15) is 0 Å². The number of urea groups is 1. The van der Waals surface area contributed by atoms with Gasteiger partial charge in [0.05, 0.1) is 0 Å². The third-order valence-electron chi connectivity index (χ3n) is 2.53. The minimum absolute atomic E-state index is 0.290. The Labute approximate surface area is 118 Å². The Morgan fingerprint density at radius 2 is 1.45 bits per heavy atom. The second kappa shape index (κ2) is 6.43. The normalized spacial score (nSPS) is 9.65. The Balaban J connectivity index is 1.96. The van der Waals surface area contributed by atoms with Crippen molar-refractivity contribution in [3.63, 3.8) is 0 Å². The lowest BCUT2D eigenvalue weighted by atomic mass is 10.2. The van der Waals surface area contributed by atoms with Crippen molar-refractivity contribution < 1.29 is 4.79 Å². The van der Waals surface area contributed by atoms with Gasteiger partial charge in [-0.15, -0.1) is 0 Å². The predicted molar refractivity (Wildman–Crippen MR) is 83.1 cm³/mol. The van der Waals surface area contributed by atoms with E-state index in [-0.39, 0.29) is 6.03 Å². The molecule has 2 amide bonds. The topological polar surface area (TPSA) is 53.2 Å². The standard InChI is InChI=1S/C16H17N3O/c1-12(2)17-16(20)19-15-10-8-14(9-11-15)18-13-6-4-3-5-7-13/h3-11,18H,1H2,2H3,(H2,17,19,20). The van der Waals surface area contributed by atoms with Gasteiger partial charge in [0, 0.05) is 22.8 Å². The Morgan fingerprint density at radius 1 is 0.900 bits per heavy atom. The minimum atomic E-state index is -0.290. The highest BCUT2D eigenvalue weighted by atomic mass is 16.2. The quantitative estimate of drug-likeness (QED) is 0.781. The molecule has 3 N–H and O–H groups in total. The van der Waals surface area contributed by atoms with Gasteiger partial charge in [-0.2, -0.15) is 0 Å². The zero-order valence-corrected chi connectivity index (χ0v) is 11.3. The molecule has 2 rings (SSSR count). The van der Waals surface area contributed by atoms with Crippen LogP contribution in [0.4, 0.5) is 21.9 Å². The van der Waals surface area contributed by atoms with Gasteiger partial charge >= 0.3 is 6.03 Å². The van der Waals surface area contributed by atoms with E-state index in [0.29, 0.717) is 5.70 Å². The highest BCUT2D eigenvalue weighted by Crippen LogP contribution is 2.18. The maximum atomic E-state index is 11.5. The van der Waals surface area contributed by atoms with E-state index in [9.17, 15) is 4.79 Å². The summed E-state index contributed by atoms with van der Waals surface area (Å²) in [5.74, 6) is 0. The molecule has 2 aromatic carbocycles. The Hall–Kier alpha value is -2.75. The van der Waals surface area contributed by atoms with Crippen LogP contribution < -0.4 is 16.0 Å². The zero-order chi connectivity index (χ0) is 14.4. The van der Waals surface area contributed by atoms with E-state index in [1.807, 2.05) is 54.6 Å². The van der Waals surface area contributed by atoms with Gasteiger partial charge in [-0.05, 0) is 43.3 Å². The second-order valence-electron chi connectivity index (χ2n) is 4.43. The molecule has 0 aliphatic rings. The lowest BCUT2D eigenvalue weighted by Gasteiger charge is -2.09. The molecule has 0 bridgehead atoms. The van der Waals surface area contributed by atoms with E-state index in [2.05, 4.69) is 22.5 Å². The third-order valence-corrected chi connectivity index (χ3v) is 2.53. The first-order valence-corrected chi connectivity index (χ1v) is 6.29. The summed E-state index contributed by atoms with van der Waals surface area (Å²) in [4.78, 5) is 11.5. The summed E-state index contributed by atoms with van der Waals surface area (Å²) in [5.41, 5.74) is 3.31.